The molecule has 1 aromatic heterocycles. The van der Waals surface area contributed by atoms with Crippen LogP contribution in [-0.4, -0.2) is 47.9 Å². The van der Waals surface area contributed by atoms with Gasteiger partial charge in [-0.2, -0.15) is 0 Å². The molecule has 0 spiro atoms. The Kier molecular flexibility index (Phi) is 5.74. The van der Waals surface area contributed by atoms with Gasteiger partial charge in [0.05, 0.1) is 19.1 Å². The van der Waals surface area contributed by atoms with Crippen molar-refractivity contribution >= 4 is 11.8 Å². The fraction of sp³-hybridized carbons (Fsp3) is 0.316. The van der Waals surface area contributed by atoms with Crippen LogP contribution in [0.25, 0.3) is 0 Å². The molecule has 0 saturated carbocycles. The van der Waals surface area contributed by atoms with Gasteiger partial charge in [0.25, 0.3) is 0 Å². The van der Waals surface area contributed by atoms with Crippen LogP contribution in [0.4, 0.5) is 0 Å². The standard InChI is InChI=1S/C19H22N4O2/c24-18(14-23-11-10-20-13-19(23)25)22-17(15-6-2-1-3-7-15)12-16-8-4-5-9-21-16/h1-9,17,20H,10-14H2,(H,22,24)/t17-/m0/s1. The third kappa shape index (κ3) is 4.87. The van der Waals surface area contributed by atoms with Crippen LogP contribution in [0.15, 0.2) is 54.7 Å². The molecule has 2 aromatic rings. The molecule has 1 atom stereocenters. The topological polar surface area (TPSA) is 74.3 Å². The summed E-state index contributed by atoms with van der Waals surface area (Å²) in [6, 6.07) is 15.4. The van der Waals surface area contributed by atoms with Gasteiger partial charge in [0, 0.05) is 31.4 Å². The molecule has 1 saturated heterocycles. The summed E-state index contributed by atoms with van der Waals surface area (Å²) in [4.78, 5) is 30.3. The van der Waals surface area contributed by atoms with E-state index >= 15 is 0 Å². The summed E-state index contributed by atoms with van der Waals surface area (Å²) in [5.74, 6) is -0.192. The van der Waals surface area contributed by atoms with Crippen molar-refractivity contribution in [2.45, 2.75) is 12.5 Å². The predicted molar refractivity (Wildman–Crippen MR) is 94.7 cm³/mol. The Labute approximate surface area is 147 Å². The second-order valence-electron chi connectivity index (χ2n) is 6.05. The van der Waals surface area contributed by atoms with E-state index in [2.05, 4.69) is 15.6 Å². The molecule has 25 heavy (non-hydrogen) atoms. The van der Waals surface area contributed by atoms with E-state index in [1.54, 1.807) is 11.1 Å². The Balaban J connectivity index is 1.68. The second-order valence-corrected chi connectivity index (χ2v) is 6.05. The fourth-order valence-electron chi connectivity index (χ4n) is 2.89. The molecule has 1 aromatic carbocycles. The Morgan fingerprint density at radius 2 is 2.00 bits per heavy atom. The van der Waals surface area contributed by atoms with Gasteiger partial charge >= 0.3 is 0 Å². The first-order valence-electron chi connectivity index (χ1n) is 8.45. The predicted octanol–water partition coefficient (Wildman–Crippen LogP) is 0.913. The largest absolute Gasteiger partial charge is 0.347 e. The Morgan fingerprint density at radius 1 is 1.20 bits per heavy atom. The summed E-state index contributed by atoms with van der Waals surface area (Å²) in [5, 5.41) is 6.06. The number of piperazine rings is 1. The molecule has 130 valence electrons. The number of hydrogen-bond acceptors (Lipinski definition) is 4. The molecule has 0 unspecified atom stereocenters. The van der Waals surface area contributed by atoms with E-state index in [-0.39, 0.29) is 24.4 Å². The second kappa shape index (κ2) is 8.39. The van der Waals surface area contributed by atoms with Crippen molar-refractivity contribution in [1.82, 2.24) is 20.5 Å². The van der Waals surface area contributed by atoms with Crippen LogP contribution >= 0.6 is 0 Å². The first kappa shape index (κ1) is 17.1. The zero-order chi connectivity index (χ0) is 17.5. The lowest BCUT2D eigenvalue weighted by molar-refractivity contribution is -0.137. The van der Waals surface area contributed by atoms with Crippen LogP contribution in [0.2, 0.25) is 0 Å². The Morgan fingerprint density at radius 3 is 2.72 bits per heavy atom. The molecule has 2 amide bonds. The highest BCUT2D eigenvalue weighted by Gasteiger charge is 2.22. The lowest BCUT2D eigenvalue weighted by atomic mass is 10.0. The van der Waals surface area contributed by atoms with Gasteiger partial charge in [-0.25, -0.2) is 0 Å². The molecule has 6 nitrogen and oxygen atoms in total. The third-order valence-electron chi connectivity index (χ3n) is 4.20. The SMILES string of the molecule is O=C(CN1CCNCC1=O)N[C@@H](Cc1ccccn1)c1ccccc1. The maximum atomic E-state index is 12.5. The number of carbonyl (C=O) groups is 2. The number of amides is 2. The Hall–Kier alpha value is -2.73. The van der Waals surface area contributed by atoms with Crippen molar-refractivity contribution in [2.24, 2.45) is 0 Å². The summed E-state index contributed by atoms with van der Waals surface area (Å²) in [5.41, 5.74) is 1.93. The minimum Gasteiger partial charge on any atom is -0.347 e. The Bertz CT molecular complexity index is 706. The molecule has 2 N–H and O–H groups in total. The highest BCUT2D eigenvalue weighted by Crippen LogP contribution is 2.17. The summed E-state index contributed by atoms with van der Waals surface area (Å²) in [6.45, 7) is 1.66. The average Bonchev–Trinajstić information content (AvgIpc) is 2.65. The van der Waals surface area contributed by atoms with E-state index in [1.165, 1.54) is 0 Å². The quantitative estimate of drug-likeness (QED) is 0.821. The van der Waals surface area contributed by atoms with Gasteiger partial charge in [0.2, 0.25) is 11.8 Å². The van der Waals surface area contributed by atoms with Crippen LogP contribution in [0.3, 0.4) is 0 Å². The molecule has 1 aliphatic heterocycles. The molecule has 2 heterocycles. The van der Waals surface area contributed by atoms with Crippen molar-refractivity contribution in [1.29, 1.82) is 0 Å². The number of aromatic nitrogens is 1. The van der Waals surface area contributed by atoms with Crippen LogP contribution < -0.4 is 10.6 Å². The van der Waals surface area contributed by atoms with Crippen LogP contribution in [0, 0.1) is 0 Å². The molecule has 6 heteroatoms. The van der Waals surface area contributed by atoms with Crippen molar-refractivity contribution in [3.8, 4) is 0 Å². The van der Waals surface area contributed by atoms with E-state index in [9.17, 15) is 9.59 Å². The van der Waals surface area contributed by atoms with Gasteiger partial charge < -0.3 is 15.5 Å². The fourth-order valence-corrected chi connectivity index (χ4v) is 2.89. The summed E-state index contributed by atoms with van der Waals surface area (Å²) < 4.78 is 0. The first-order valence-corrected chi connectivity index (χ1v) is 8.45. The van der Waals surface area contributed by atoms with E-state index in [0.29, 0.717) is 19.5 Å². The molecule has 1 aliphatic rings. The number of benzene rings is 1. The van der Waals surface area contributed by atoms with Crippen LogP contribution in [-0.2, 0) is 16.0 Å². The normalized spacial score (nSPS) is 15.7. The van der Waals surface area contributed by atoms with Crippen molar-refractivity contribution in [3.63, 3.8) is 0 Å². The first-order chi connectivity index (χ1) is 12.2. The van der Waals surface area contributed by atoms with E-state index < -0.39 is 0 Å². The van der Waals surface area contributed by atoms with Crippen molar-refractivity contribution in [3.05, 3.63) is 66.0 Å². The van der Waals surface area contributed by atoms with Gasteiger partial charge in [0.15, 0.2) is 0 Å². The van der Waals surface area contributed by atoms with E-state index in [1.807, 2.05) is 48.5 Å². The third-order valence-corrected chi connectivity index (χ3v) is 4.20. The number of carbonyl (C=O) groups excluding carboxylic acids is 2. The van der Waals surface area contributed by atoms with Gasteiger partial charge in [-0.1, -0.05) is 36.4 Å². The minimum atomic E-state index is -0.179. The maximum Gasteiger partial charge on any atom is 0.240 e. The smallest absolute Gasteiger partial charge is 0.240 e. The molecule has 0 bridgehead atoms. The zero-order valence-corrected chi connectivity index (χ0v) is 14.0. The van der Waals surface area contributed by atoms with Gasteiger partial charge in [-0.05, 0) is 17.7 Å². The van der Waals surface area contributed by atoms with Crippen molar-refractivity contribution < 1.29 is 9.59 Å². The lowest BCUT2D eigenvalue weighted by Gasteiger charge is -2.28. The lowest BCUT2D eigenvalue weighted by Crippen LogP contribution is -2.51. The molecular weight excluding hydrogens is 316 g/mol. The molecule has 0 radical (unpaired) electrons. The number of pyridine rings is 1. The van der Waals surface area contributed by atoms with E-state index in [4.69, 9.17) is 0 Å². The summed E-state index contributed by atoms with van der Waals surface area (Å²) >= 11 is 0. The van der Waals surface area contributed by atoms with Crippen LogP contribution in [0.5, 0.6) is 0 Å². The average molecular weight is 338 g/mol. The monoisotopic (exact) mass is 338 g/mol. The zero-order valence-electron chi connectivity index (χ0n) is 14.0. The number of nitrogens with zero attached hydrogens (tertiary/aromatic N) is 2. The van der Waals surface area contributed by atoms with Gasteiger partial charge in [-0.15, -0.1) is 0 Å². The number of nitrogens with one attached hydrogen (secondary N) is 2. The number of rotatable bonds is 6. The highest BCUT2D eigenvalue weighted by molar-refractivity contribution is 5.86. The summed E-state index contributed by atoms with van der Waals surface area (Å²) in [7, 11) is 0. The van der Waals surface area contributed by atoms with Gasteiger partial charge in [0.1, 0.15) is 0 Å². The summed E-state index contributed by atoms with van der Waals surface area (Å²) in [6.07, 6.45) is 2.35. The maximum absolute atomic E-state index is 12.5. The molecule has 0 aliphatic carbocycles. The van der Waals surface area contributed by atoms with E-state index in [0.717, 1.165) is 17.8 Å². The van der Waals surface area contributed by atoms with Crippen LogP contribution in [0.1, 0.15) is 17.3 Å². The highest BCUT2D eigenvalue weighted by atomic mass is 16.2. The van der Waals surface area contributed by atoms with Crippen molar-refractivity contribution in [2.75, 3.05) is 26.2 Å². The number of hydrogen-bond donors (Lipinski definition) is 2. The molecular formula is C19H22N4O2. The molecule has 1 fully saturated rings. The molecule has 3 rings (SSSR count). The van der Waals surface area contributed by atoms with Gasteiger partial charge in [-0.3, -0.25) is 14.6 Å². The minimum absolute atomic E-state index is 0.0395.